The van der Waals surface area contributed by atoms with E-state index in [2.05, 4.69) is 0 Å². The molecule has 2 nitrogen and oxygen atoms in total. The summed E-state index contributed by atoms with van der Waals surface area (Å²) in [4.78, 5) is 0. The van der Waals surface area contributed by atoms with E-state index in [-0.39, 0.29) is 41.5 Å². The molecule has 0 unspecified atom stereocenters. The van der Waals surface area contributed by atoms with Gasteiger partial charge in [-0.1, -0.05) is 0 Å². The predicted octanol–water partition coefficient (Wildman–Crippen LogP) is -1.50. The van der Waals surface area contributed by atoms with Crippen LogP contribution in [0.3, 0.4) is 0 Å². The first-order valence-electron chi connectivity index (χ1n) is 0. The molecule has 28 valence electrons. The molecule has 0 aromatic rings. The molecule has 4 N–H and O–H groups in total. The van der Waals surface area contributed by atoms with Gasteiger partial charge in [-0.3, -0.25) is 4.70 Å². The molecule has 0 aromatic heterocycles. The number of hydrogen-bond donors (Lipinski definition) is 0. The Morgan fingerprint density at radius 2 is 0.750 bits per heavy atom. The smallest absolute Gasteiger partial charge is 0 e. The van der Waals surface area contributed by atoms with Crippen molar-refractivity contribution in [2.45, 2.75) is 0 Å². The SMILES string of the molecule is F.O.O.[Hf]. The van der Waals surface area contributed by atoms with Gasteiger partial charge in [-0.25, -0.2) is 0 Å². The van der Waals surface area contributed by atoms with Crippen LogP contribution in [0.4, 0.5) is 4.70 Å². The molecule has 0 amide bonds. The van der Waals surface area contributed by atoms with Crippen LogP contribution in [0.1, 0.15) is 0 Å². The molecule has 0 saturated heterocycles. The van der Waals surface area contributed by atoms with E-state index in [1.54, 1.807) is 0 Å². The molecule has 0 radical (unpaired) electrons. The van der Waals surface area contributed by atoms with Gasteiger partial charge >= 0.3 is 0 Å². The minimum Gasteiger partial charge on any atom is -0.412 e. The van der Waals surface area contributed by atoms with Crippen LogP contribution in [0, 0.1) is 0 Å². The van der Waals surface area contributed by atoms with Crippen LogP contribution >= 0.6 is 0 Å². The Balaban J connectivity index is 0. The van der Waals surface area contributed by atoms with Crippen LogP contribution in [0.25, 0.3) is 0 Å². The summed E-state index contributed by atoms with van der Waals surface area (Å²) >= 11 is 0. The Kier molecular flexibility index (Phi) is 1670. The van der Waals surface area contributed by atoms with Crippen molar-refractivity contribution in [3.8, 4) is 0 Å². The normalized spacial score (nSPS) is 0. The van der Waals surface area contributed by atoms with Gasteiger partial charge in [0.05, 0.1) is 0 Å². The van der Waals surface area contributed by atoms with E-state index < -0.39 is 0 Å². The van der Waals surface area contributed by atoms with Gasteiger partial charge in [0.15, 0.2) is 0 Å². The molecule has 0 spiro atoms. The van der Waals surface area contributed by atoms with Gasteiger partial charge in [0.25, 0.3) is 0 Å². The van der Waals surface area contributed by atoms with E-state index in [1.807, 2.05) is 0 Å². The van der Waals surface area contributed by atoms with Crippen molar-refractivity contribution < 1.29 is 41.5 Å². The van der Waals surface area contributed by atoms with Crippen LogP contribution in [-0.4, -0.2) is 11.0 Å². The van der Waals surface area contributed by atoms with Crippen molar-refractivity contribution in [1.29, 1.82) is 0 Å². The molecule has 0 aromatic carbocycles. The summed E-state index contributed by atoms with van der Waals surface area (Å²) in [5.41, 5.74) is 0. The molecule has 0 atom stereocenters. The maximum atomic E-state index is 0. The first-order chi connectivity index (χ1) is 0. The summed E-state index contributed by atoms with van der Waals surface area (Å²) in [5.74, 6) is 0. The monoisotopic (exact) mass is 236 g/mol. The average Bonchev–Trinajstić information content (AvgIpc) is 0. The second kappa shape index (κ2) is 53.1. The van der Waals surface area contributed by atoms with Gasteiger partial charge in [0, 0.05) is 25.8 Å². The molecule has 0 aliphatic carbocycles. The molecule has 0 saturated carbocycles. The number of halogens is 1. The van der Waals surface area contributed by atoms with Gasteiger partial charge in [-0.05, 0) is 0 Å². The van der Waals surface area contributed by atoms with Gasteiger partial charge in [-0.15, -0.1) is 0 Å². The van der Waals surface area contributed by atoms with Gasteiger partial charge in [0.2, 0.25) is 0 Å². The largest absolute Gasteiger partial charge is 0.412 e. The molecule has 4 heteroatoms. The fraction of sp³-hybridized carbons (Fsp3) is 0. The Bertz CT molecular complexity index is 6.00. The Hall–Kier alpha value is 0.720. The van der Waals surface area contributed by atoms with E-state index in [0.29, 0.717) is 0 Å². The summed E-state index contributed by atoms with van der Waals surface area (Å²) in [5, 5.41) is 0. The summed E-state index contributed by atoms with van der Waals surface area (Å²) in [6, 6.07) is 0. The van der Waals surface area contributed by atoms with Gasteiger partial charge in [0.1, 0.15) is 0 Å². The number of rotatable bonds is 0. The van der Waals surface area contributed by atoms with Crippen LogP contribution in [0.5, 0.6) is 0 Å². The zero-order chi connectivity index (χ0) is 0. The first kappa shape index (κ1) is 126. The van der Waals surface area contributed by atoms with Crippen molar-refractivity contribution in [3.05, 3.63) is 0 Å². The van der Waals surface area contributed by atoms with E-state index in [4.69, 9.17) is 0 Å². The summed E-state index contributed by atoms with van der Waals surface area (Å²) in [6.45, 7) is 0. The van der Waals surface area contributed by atoms with Crippen molar-refractivity contribution in [2.75, 3.05) is 0 Å². The number of hydrogen-bond acceptors (Lipinski definition) is 0. The molecule has 0 rings (SSSR count). The third-order valence-electron chi connectivity index (χ3n) is 0. The molecular weight excluding hydrogens is 229 g/mol. The molecular formula is H5FHfO2. The molecule has 0 fully saturated rings. The standard InChI is InChI=1S/FH.Hf.2H2O/h1H;;2*1H2. The predicted molar refractivity (Wildman–Crippen MR) is 9.73 cm³/mol. The van der Waals surface area contributed by atoms with E-state index >= 15 is 0 Å². The minimum absolute atomic E-state index is 0. The van der Waals surface area contributed by atoms with Crippen LogP contribution < -0.4 is 0 Å². The summed E-state index contributed by atoms with van der Waals surface area (Å²) < 4.78 is 0. The fourth-order valence-electron chi connectivity index (χ4n) is 0. The molecule has 0 heterocycles. The van der Waals surface area contributed by atoms with E-state index in [1.165, 1.54) is 0 Å². The molecule has 0 aliphatic rings. The second-order valence-corrected chi connectivity index (χ2v) is 0. The van der Waals surface area contributed by atoms with Crippen molar-refractivity contribution in [1.82, 2.24) is 0 Å². The Labute approximate surface area is 42.0 Å². The molecule has 0 aliphatic heterocycles. The van der Waals surface area contributed by atoms with Gasteiger partial charge in [-0.2, -0.15) is 0 Å². The third-order valence-corrected chi connectivity index (χ3v) is 0. The third kappa shape index (κ3) is 15.5. The van der Waals surface area contributed by atoms with Crippen molar-refractivity contribution in [2.24, 2.45) is 0 Å². The van der Waals surface area contributed by atoms with Gasteiger partial charge < -0.3 is 11.0 Å². The maximum absolute atomic E-state index is 0. The molecule has 4 heavy (non-hydrogen) atoms. The van der Waals surface area contributed by atoms with E-state index in [0.717, 1.165) is 0 Å². The summed E-state index contributed by atoms with van der Waals surface area (Å²) in [7, 11) is 0. The van der Waals surface area contributed by atoms with Crippen molar-refractivity contribution >= 4 is 0 Å². The summed E-state index contributed by atoms with van der Waals surface area (Å²) in [6.07, 6.45) is 0. The zero-order valence-corrected chi connectivity index (χ0v) is 5.50. The Morgan fingerprint density at radius 3 is 0.750 bits per heavy atom. The molecule has 0 bridgehead atoms. The topological polar surface area (TPSA) is 63.0 Å². The first-order valence-corrected chi connectivity index (χ1v) is 0. The Morgan fingerprint density at radius 1 is 0.750 bits per heavy atom. The van der Waals surface area contributed by atoms with Crippen LogP contribution in [-0.2, 0) is 25.8 Å². The van der Waals surface area contributed by atoms with Crippen LogP contribution in [0.15, 0.2) is 0 Å². The fourth-order valence-corrected chi connectivity index (χ4v) is 0. The zero-order valence-electron chi connectivity index (χ0n) is 1.91. The average molecular weight is 235 g/mol. The minimum atomic E-state index is 0. The quantitative estimate of drug-likeness (QED) is 0.458. The maximum Gasteiger partial charge on any atom is 0 e. The van der Waals surface area contributed by atoms with E-state index in [9.17, 15) is 0 Å². The van der Waals surface area contributed by atoms with Crippen molar-refractivity contribution in [3.63, 3.8) is 0 Å². The second-order valence-electron chi connectivity index (χ2n) is 0. The van der Waals surface area contributed by atoms with Crippen LogP contribution in [0.2, 0.25) is 0 Å².